The van der Waals surface area contributed by atoms with Crippen molar-refractivity contribution >= 4 is 17.6 Å². The van der Waals surface area contributed by atoms with Gasteiger partial charge in [-0.2, -0.15) is 5.10 Å². The lowest BCUT2D eigenvalue weighted by Crippen LogP contribution is -2.26. The Morgan fingerprint density at radius 1 is 1.09 bits per heavy atom. The maximum atomic E-state index is 12.2. The van der Waals surface area contributed by atoms with Crippen LogP contribution in [0.3, 0.4) is 0 Å². The largest absolute Gasteiger partial charge is 0.481 e. The van der Waals surface area contributed by atoms with Gasteiger partial charge in [-0.15, -0.1) is 0 Å². The molecule has 8 heteroatoms. The van der Waals surface area contributed by atoms with Gasteiger partial charge in [0.25, 0.3) is 5.91 Å². The maximum absolute atomic E-state index is 12.2. The number of pyridine rings is 1. The number of carbonyl (C=O) groups is 2. The molecule has 1 atom stereocenters. The van der Waals surface area contributed by atoms with Gasteiger partial charge in [0.1, 0.15) is 0 Å². The summed E-state index contributed by atoms with van der Waals surface area (Å²) in [5, 5.41) is 19.3. The van der Waals surface area contributed by atoms with E-state index in [1.54, 1.807) is 23.0 Å². The highest BCUT2D eigenvalue weighted by Gasteiger charge is 2.17. The van der Waals surface area contributed by atoms with Crippen LogP contribution < -0.4 is 10.6 Å². The van der Waals surface area contributed by atoms with E-state index in [4.69, 9.17) is 5.11 Å². The zero-order chi connectivity index (χ0) is 24.7. The van der Waals surface area contributed by atoms with E-state index in [0.29, 0.717) is 5.56 Å². The highest BCUT2D eigenvalue weighted by Crippen LogP contribution is 2.25. The number of amides is 1. The molecule has 3 aromatic rings. The molecule has 0 aliphatic carbocycles. The van der Waals surface area contributed by atoms with E-state index in [0.717, 1.165) is 35.5 Å². The quantitative estimate of drug-likeness (QED) is 0.401. The van der Waals surface area contributed by atoms with Crippen molar-refractivity contribution in [2.24, 2.45) is 0 Å². The van der Waals surface area contributed by atoms with Crippen molar-refractivity contribution in [1.82, 2.24) is 20.1 Å². The molecule has 0 saturated heterocycles. The van der Waals surface area contributed by atoms with Crippen molar-refractivity contribution in [3.8, 4) is 5.82 Å². The second kappa shape index (κ2) is 11.0. The van der Waals surface area contributed by atoms with E-state index in [9.17, 15) is 9.59 Å². The van der Waals surface area contributed by atoms with Crippen molar-refractivity contribution in [2.75, 3.05) is 11.9 Å². The second-order valence-electron chi connectivity index (χ2n) is 9.34. The van der Waals surface area contributed by atoms with Gasteiger partial charge in [-0.1, -0.05) is 46.2 Å². The number of rotatable bonds is 10. The van der Waals surface area contributed by atoms with Crippen LogP contribution in [0.1, 0.15) is 74.5 Å². The van der Waals surface area contributed by atoms with Gasteiger partial charge in [0.05, 0.1) is 30.5 Å². The lowest BCUT2D eigenvalue weighted by molar-refractivity contribution is -0.136. The number of nitrogens with one attached hydrogen (secondary N) is 2. The minimum atomic E-state index is -0.939. The van der Waals surface area contributed by atoms with Crippen molar-refractivity contribution in [3.63, 3.8) is 0 Å². The number of anilines is 1. The van der Waals surface area contributed by atoms with Crippen molar-refractivity contribution in [1.29, 1.82) is 0 Å². The predicted octanol–water partition coefficient (Wildman–Crippen LogP) is 4.72. The highest BCUT2D eigenvalue weighted by atomic mass is 16.4. The number of carbonyl (C=O) groups excluding carboxylic acids is 1. The molecule has 3 rings (SSSR count). The average Bonchev–Trinajstić information content (AvgIpc) is 3.30. The standard InChI is InChI=1S/C26H33N5O3/c1-5-6-22(18-7-9-19(10-8-18)25(34)27-14-13-24(32)33)30-21-11-12-23(28-16-21)31-17-20(15-29-31)26(2,3)4/h7-12,15-17,22,30H,5-6,13-14H2,1-4H3,(H,27,34)(H,32,33). The van der Waals surface area contributed by atoms with Gasteiger partial charge in [-0.3, -0.25) is 9.59 Å². The van der Waals surface area contributed by atoms with E-state index in [1.165, 1.54) is 0 Å². The number of aliphatic carboxylic acids is 1. The Morgan fingerprint density at radius 3 is 2.38 bits per heavy atom. The Balaban J connectivity index is 1.67. The molecular weight excluding hydrogens is 430 g/mol. The van der Waals surface area contributed by atoms with Gasteiger partial charge in [0, 0.05) is 18.3 Å². The number of nitrogens with zero attached hydrogens (tertiary/aromatic N) is 3. The fraction of sp³-hybridized carbons (Fsp3) is 0.385. The molecule has 0 spiro atoms. The molecule has 1 unspecified atom stereocenters. The van der Waals surface area contributed by atoms with Gasteiger partial charge in [0.2, 0.25) is 0 Å². The first-order valence-corrected chi connectivity index (χ1v) is 11.6. The zero-order valence-corrected chi connectivity index (χ0v) is 20.2. The molecule has 0 radical (unpaired) electrons. The zero-order valence-electron chi connectivity index (χ0n) is 20.2. The summed E-state index contributed by atoms with van der Waals surface area (Å²) in [5.41, 5.74) is 3.65. The topological polar surface area (TPSA) is 109 Å². The van der Waals surface area contributed by atoms with E-state index in [1.807, 2.05) is 36.7 Å². The third-order valence-electron chi connectivity index (χ3n) is 5.55. The number of carboxylic acids is 1. The monoisotopic (exact) mass is 463 g/mol. The van der Waals surface area contributed by atoms with Crippen LogP contribution in [0.25, 0.3) is 5.82 Å². The molecule has 0 saturated carbocycles. The summed E-state index contributed by atoms with van der Waals surface area (Å²) < 4.78 is 1.79. The van der Waals surface area contributed by atoms with Crippen molar-refractivity contribution in [3.05, 3.63) is 71.7 Å². The van der Waals surface area contributed by atoms with Gasteiger partial charge in [0.15, 0.2) is 5.82 Å². The summed E-state index contributed by atoms with van der Waals surface area (Å²) in [4.78, 5) is 27.4. The molecule has 1 aromatic carbocycles. The van der Waals surface area contributed by atoms with Crippen LogP contribution in [0.2, 0.25) is 0 Å². The van der Waals surface area contributed by atoms with Crippen LogP contribution in [0, 0.1) is 0 Å². The summed E-state index contributed by atoms with van der Waals surface area (Å²) in [5.74, 6) is -0.460. The maximum Gasteiger partial charge on any atom is 0.305 e. The molecule has 0 fully saturated rings. The third-order valence-corrected chi connectivity index (χ3v) is 5.55. The number of hydrogen-bond acceptors (Lipinski definition) is 5. The predicted molar refractivity (Wildman–Crippen MR) is 132 cm³/mol. The fourth-order valence-electron chi connectivity index (χ4n) is 3.51. The van der Waals surface area contributed by atoms with Crippen LogP contribution in [-0.4, -0.2) is 38.3 Å². The normalized spacial score (nSPS) is 12.2. The molecule has 0 aliphatic rings. The minimum absolute atomic E-state index is 0.0296. The molecule has 180 valence electrons. The smallest absolute Gasteiger partial charge is 0.305 e. The molecule has 3 N–H and O–H groups in total. The number of carboxylic acid groups (broad SMARTS) is 1. The Kier molecular flexibility index (Phi) is 8.04. The molecule has 34 heavy (non-hydrogen) atoms. The van der Waals surface area contributed by atoms with Gasteiger partial charge >= 0.3 is 5.97 Å². The summed E-state index contributed by atoms with van der Waals surface area (Å²) in [6, 6.07) is 11.4. The Hall–Kier alpha value is -3.68. The average molecular weight is 464 g/mol. The van der Waals surface area contributed by atoms with Crippen LogP contribution in [0.5, 0.6) is 0 Å². The van der Waals surface area contributed by atoms with E-state index in [2.05, 4.69) is 48.4 Å². The lowest BCUT2D eigenvalue weighted by Gasteiger charge is -2.20. The van der Waals surface area contributed by atoms with E-state index in [-0.39, 0.29) is 30.3 Å². The summed E-state index contributed by atoms with van der Waals surface area (Å²) >= 11 is 0. The third kappa shape index (κ3) is 6.66. The summed E-state index contributed by atoms with van der Waals surface area (Å²) in [7, 11) is 0. The Labute approximate surface area is 200 Å². The highest BCUT2D eigenvalue weighted by molar-refractivity contribution is 5.94. The lowest BCUT2D eigenvalue weighted by atomic mass is 9.90. The van der Waals surface area contributed by atoms with Gasteiger partial charge in [-0.25, -0.2) is 9.67 Å². The first kappa shape index (κ1) is 25.0. The molecule has 1 amide bonds. The summed E-state index contributed by atoms with van der Waals surface area (Å²) in [6.07, 6.45) is 7.50. The minimum Gasteiger partial charge on any atom is -0.481 e. The molecule has 2 aromatic heterocycles. The number of benzene rings is 1. The van der Waals surface area contributed by atoms with Crippen LogP contribution in [0.4, 0.5) is 5.69 Å². The molecule has 0 aliphatic heterocycles. The van der Waals surface area contributed by atoms with Crippen LogP contribution in [-0.2, 0) is 10.2 Å². The first-order valence-electron chi connectivity index (χ1n) is 11.6. The summed E-state index contributed by atoms with van der Waals surface area (Å²) in [6.45, 7) is 8.70. The van der Waals surface area contributed by atoms with Crippen LogP contribution in [0.15, 0.2) is 55.0 Å². The second-order valence-corrected chi connectivity index (χ2v) is 9.34. The molecule has 8 nitrogen and oxygen atoms in total. The van der Waals surface area contributed by atoms with Crippen molar-refractivity contribution < 1.29 is 14.7 Å². The fourth-order valence-corrected chi connectivity index (χ4v) is 3.51. The van der Waals surface area contributed by atoms with E-state index >= 15 is 0 Å². The number of hydrogen-bond donors (Lipinski definition) is 3. The SMILES string of the molecule is CCCC(Nc1ccc(-n2cc(C(C)(C)C)cn2)nc1)c1ccc(C(=O)NCCC(=O)O)cc1. The van der Waals surface area contributed by atoms with Gasteiger partial charge in [-0.05, 0) is 47.2 Å². The Morgan fingerprint density at radius 2 is 1.82 bits per heavy atom. The first-order chi connectivity index (χ1) is 16.2. The van der Waals surface area contributed by atoms with Crippen molar-refractivity contribution in [2.45, 2.75) is 58.4 Å². The molecular formula is C26H33N5O3. The van der Waals surface area contributed by atoms with Gasteiger partial charge < -0.3 is 15.7 Å². The van der Waals surface area contributed by atoms with Crippen LogP contribution >= 0.6 is 0 Å². The molecule has 0 bridgehead atoms. The number of aromatic nitrogens is 3. The van der Waals surface area contributed by atoms with E-state index < -0.39 is 5.97 Å². The Bertz CT molecular complexity index is 1100. The molecule has 2 heterocycles.